The maximum atomic E-state index is 2.49. The third kappa shape index (κ3) is 1.32. The molecule has 1 aromatic heterocycles. The number of rotatable bonds is 1. The van der Waals surface area contributed by atoms with Crippen molar-refractivity contribution in [2.75, 3.05) is 0 Å². The summed E-state index contributed by atoms with van der Waals surface area (Å²) in [5.74, 6) is 0. The molecule has 0 spiro atoms. The van der Waals surface area contributed by atoms with Crippen molar-refractivity contribution in [3.8, 4) is 0 Å². The van der Waals surface area contributed by atoms with Crippen LogP contribution in [-0.4, -0.2) is 8.07 Å². The first kappa shape index (κ1) is 12.1. The van der Waals surface area contributed by atoms with Gasteiger partial charge in [-0.1, -0.05) is 32.1 Å². The highest BCUT2D eigenvalue weighted by Crippen LogP contribution is 2.53. The van der Waals surface area contributed by atoms with Crippen LogP contribution >= 0.6 is 11.3 Å². The summed E-state index contributed by atoms with van der Waals surface area (Å²) in [7, 11) is -1.24. The van der Waals surface area contributed by atoms with Gasteiger partial charge in [-0.05, 0) is 38.0 Å². The molecule has 88 valence electrons. The molecule has 2 rings (SSSR count). The molecule has 1 aliphatic carbocycles. The van der Waals surface area contributed by atoms with Crippen molar-refractivity contribution >= 4 is 25.0 Å². The summed E-state index contributed by atoms with van der Waals surface area (Å²) in [6.07, 6.45) is 0. The molecule has 2 heteroatoms. The topological polar surface area (TPSA) is 0 Å². The second-order valence-corrected chi connectivity index (χ2v) is 13.0. The molecule has 0 aliphatic heterocycles. The van der Waals surface area contributed by atoms with Gasteiger partial charge in [-0.2, -0.15) is 0 Å². The molecule has 1 aliphatic rings. The molecule has 0 radical (unpaired) electrons. The smallest absolute Gasteiger partial charge is 0.0605 e. The summed E-state index contributed by atoms with van der Waals surface area (Å²) in [5.41, 5.74) is 4.77. The highest BCUT2D eigenvalue weighted by Gasteiger charge is 2.48. The van der Waals surface area contributed by atoms with Gasteiger partial charge in [0.2, 0.25) is 0 Å². The fraction of sp³-hybridized carbons (Fsp3) is 0.571. The molecule has 0 aromatic carbocycles. The number of aryl methyl sites for hydroxylation is 1. The molecular weight excluding hydrogens is 228 g/mol. The van der Waals surface area contributed by atoms with Crippen LogP contribution in [0.15, 0.2) is 11.6 Å². The van der Waals surface area contributed by atoms with Crippen LogP contribution in [0.5, 0.6) is 0 Å². The summed E-state index contributed by atoms with van der Waals surface area (Å²) in [4.78, 5) is 3.02. The molecule has 0 nitrogen and oxygen atoms in total. The van der Waals surface area contributed by atoms with E-state index in [1.807, 2.05) is 11.3 Å². The largest absolute Gasteiger partial charge is 0.141 e. The molecular formula is C14H22SSi. The number of hydrogen-bond acceptors (Lipinski definition) is 1. The first-order chi connectivity index (χ1) is 7.19. The minimum absolute atomic E-state index is 0.344. The van der Waals surface area contributed by atoms with Crippen LogP contribution in [0.1, 0.15) is 36.1 Å². The third-order valence-electron chi connectivity index (χ3n) is 4.55. The molecule has 0 amide bonds. The first-order valence-electron chi connectivity index (χ1n) is 5.99. The molecule has 0 saturated heterocycles. The average molecular weight is 250 g/mol. The Hall–Kier alpha value is -0.343. The van der Waals surface area contributed by atoms with Crippen molar-refractivity contribution in [3.63, 3.8) is 0 Å². The van der Waals surface area contributed by atoms with E-state index in [-0.39, 0.29) is 0 Å². The van der Waals surface area contributed by atoms with Gasteiger partial charge in [0.15, 0.2) is 0 Å². The van der Waals surface area contributed by atoms with Gasteiger partial charge in [0, 0.05) is 14.8 Å². The van der Waals surface area contributed by atoms with Crippen molar-refractivity contribution in [3.05, 3.63) is 27.0 Å². The molecule has 0 saturated carbocycles. The van der Waals surface area contributed by atoms with Crippen LogP contribution in [0.2, 0.25) is 19.6 Å². The van der Waals surface area contributed by atoms with Crippen molar-refractivity contribution < 1.29 is 0 Å². The summed E-state index contributed by atoms with van der Waals surface area (Å²) in [5, 5.41) is 0.344. The summed E-state index contributed by atoms with van der Waals surface area (Å²) in [6, 6.07) is 2.43. The third-order valence-corrected chi connectivity index (χ3v) is 9.36. The van der Waals surface area contributed by atoms with Crippen LogP contribution in [0.4, 0.5) is 0 Å². The van der Waals surface area contributed by atoms with Gasteiger partial charge in [0.05, 0.1) is 8.07 Å². The van der Waals surface area contributed by atoms with Gasteiger partial charge in [-0.3, -0.25) is 0 Å². The number of allylic oxidation sites excluding steroid dienone is 2. The highest BCUT2D eigenvalue weighted by atomic mass is 32.1. The maximum absolute atomic E-state index is 2.49. The SMILES string of the molecule is CC1=C(C)C(C)([Si](C)(C)C)c2cc(C)sc21. The summed E-state index contributed by atoms with van der Waals surface area (Å²) in [6.45, 7) is 16.8. The van der Waals surface area contributed by atoms with Crippen LogP contribution in [-0.2, 0) is 5.04 Å². The van der Waals surface area contributed by atoms with Gasteiger partial charge < -0.3 is 0 Å². The van der Waals surface area contributed by atoms with Crippen LogP contribution in [0.25, 0.3) is 5.57 Å². The minimum atomic E-state index is -1.24. The highest BCUT2D eigenvalue weighted by molar-refractivity contribution is 7.13. The quantitative estimate of drug-likeness (QED) is 0.615. The van der Waals surface area contributed by atoms with Gasteiger partial charge in [0.1, 0.15) is 0 Å². The van der Waals surface area contributed by atoms with Crippen molar-refractivity contribution in [1.82, 2.24) is 0 Å². The molecule has 1 atom stereocenters. The van der Waals surface area contributed by atoms with E-state index in [2.05, 4.69) is 53.4 Å². The Morgan fingerprint density at radius 2 is 1.69 bits per heavy atom. The lowest BCUT2D eigenvalue weighted by Crippen LogP contribution is -2.46. The van der Waals surface area contributed by atoms with E-state index in [0.29, 0.717) is 5.04 Å². The molecule has 1 aromatic rings. The fourth-order valence-corrected chi connectivity index (χ4v) is 6.46. The predicted molar refractivity (Wildman–Crippen MR) is 78.0 cm³/mol. The lowest BCUT2D eigenvalue weighted by atomic mass is 9.99. The van der Waals surface area contributed by atoms with Crippen LogP contribution in [0, 0.1) is 6.92 Å². The molecule has 1 heterocycles. The zero-order chi connectivity index (χ0) is 12.3. The van der Waals surface area contributed by atoms with E-state index in [1.54, 1.807) is 16.0 Å². The van der Waals surface area contributed by atoms with E-state index in [4.69, 9.17) is 0 Å². The zero-order valence-electron chi connectivity index (χ0n) is 11.5. The van der Waals surface area contributed by atoms with Crippen molar-refractivity contribution in [1.29, 1.82) is 0 Å². The second-order valence-electron chi connectivity index (χ2n) is 6.22. The number of fused-ring (bicyclic) bond motifs is 1. The molecule has 0 bridgehead atoms. The Balaban J connectivity index is 2.75. The molecule has 0 N–H and O–H groups in total. The Morgan fingerprint density at radius 3 is 2.19 bits per heavy atom. The Labute approximate surface area is 104 Å². The van der Waals surface area contributed by atoms with Gasteiger partial charge in [0.25, 0.3) is 0 Å². The standard InChI is InChI=1S/C14H22SSi/c1-9-8-12-13(15-9)10(2)11(3)14(12,4)16(5,6)7/h8H,1-7H3. The summed E-state index contributed by atoms with van der Waals surface area (Å²) < 4.78 is 0. The van der Waals surface area contributed by atoms with Crippen LogP contribution in [0.3, 0.4) is 0 Å². The molecule has 16 heavy (non-hydrogen) atoms. The van der Waals surface area contributed by atoms with Gasteiger partial charge in [-0.15, -0.1) is 11.3 Å². The summed E-state index contributed by atoms with van der Waals surface area (Å²) >= 11 is 1.97. The Morgan fingerprint density at radius 1 is 1.12 bits per heavy atom. The number of thiophene rings is 1. The lowest BCUT2D eigenvalue weighted by Gasteiger charge is -2.39. The monoisotopic (exact) mass is 250 g/mol. The average Bonchev–Trinajstić information content (AvgIpc) is 2.61. The van der Waals surface area contributed by atoms with E-state index in [9.17, 15) is 0 Å². The van der Waals surface area contributed by atoms with Crippen molar-refractivity contribution in [2.24, 2.45) is 0 Å². The van der Waals surface area contributed by atoms with E-state index >= 15 is 0 Å². The van der Waals surface area contributed by atoms with Gasteiger partial charge in [-0.25, -0.2) is 0 Å². The normalized spacial score (nSPS) is 25.2. The number of hydrogen-bond donors (Lipinski definition) is 0. The van der Waals surface area contributed by atoms with Crippen LogP contribution < -0.4 is 0 Å². The molecule has 1 unspecified atom stereocenters. The van der Waals surface area contributed by atoms with E-state index in [0.717, 1.165) is 0 Å². The zero-order valence-corrected chi connectivity index (χ0v) is 13.3. The Kier molecular flexibility index (Phi) is 2.52. The lowest BCUT2D eigenvalue weighted by molar-refractivity contribution is 0.774. The molecule has 0 fully saturated rings. The second kappa shape index (κ2) is 3.33. The maximum Gasteiger partial charge on any atom is 0.0605 e. The first-order valence-corrected chi connectivity index (χ1v) is 10.3. The minimum Gasteiger partial charge on any atom is -0.141 e. The Bertz CT molecular complexity index is 473. The predicted octanol–water partition coefficient (Wildman–Crippen LogP) is 5.00. The van der Waals surface area contributed by atoms with E-state index in [1.165, 1.54) is 10.5 Å². The van der Waals surface area contributed by atoms with Crippen molar-refractivity contribution in [2.45, 2.75) is 52.4 Å². The van der Waals surface area contributed by atoms with Gasteiger partial charge >= 0.3 is 0 Å². The fourth-order valence-electron chi connectivity index (χ4n) is 2.88. The van der Waals surface area contributed by atoms with E-state index < -0.39 is 8.07 Å².